The molecule has 0 aromatic heterocycles. The lowest BCUT2D eigenvalue weighted by Crippen LogP contribution is -2.49. The monoisotopic (exact) mass is 253 g/mol. The fourth-order valence-electron chi connectivity index (χ4n) is 3.72. The van der Waals surface area contributed by atoms with Crippen molar-refractivity contribution < 1.29 is 9.90 Å². The summed E-state index contributed by atoms with van der Waals surface area (Å²) in [6.07, 6.45) is 10.8. The van der Waals surface area contributed by atoms with Gasteiger partial charge < -0.3 is 10.4 Å². The molecule has 0 aromatic rings. The molecule has 2 aliphatic carbocycles. The molecule has 0 amide bonds. The molecule has 0 radical (unpaired) electrons. The van der Waals surface area contributed by atoms with Crippen LogP contribution in [0.4, 0.5) is 0 Å². The molecular weight excluding hydrogens is 226 g/mol. The van der Waals surface area contributed by atoms with E-state index in [4.69, 9.17) is 0 Å². The Morgan fingerprint density at radius 1 is 1.11 bits per heavy atom. The van der Waals surface area contributed by atoms with Crippen molar-refractivity contribution in [2.24, 2.45) is 11.8 Å². The Labute approximate surface area is 110 Å². The fraction of sp³-hybridized carbons (Fsp3) is 0.933. The molecule has 2 N–H and O–H groups in total. The quantitative estimate of drug-likeness (QED) is 0.809. The first kappa shape index (κ1) is 13.9. The standard InChI is InChI=1S/C15H27NO2/c1-11-6-5-7-12(10-11)14(15(17)18)16-13-8-3-2-4-9-13/h11-14,16H,2-10H2,1H3,(H,17,18). The Kier molecular flexibility index (Phi) is 5.04. The van der Waals surface area contributed by atoms with Crippen LogP contribution >= 0.6 is 0 Å². The van der Waals surface area contributed by atoms with Gasteiger partial charge in [-0.2, -0.15) is 0 Å². The highest BCUT2D eigenvalue weighted by Crippen LogP contribution is 2.31. The molecule has 2 rings (SSSR count). The first-order valence-electron chi connectivity index (χ1n) is 7.65. The van der Waals surface area contributed by atoms with Crippen molar-refractivity contribution in [3.05, 3.63) is 0 Å². The molecule has 2 saturated carbocycles. The van der Waals surface area contributed by atoms with Crippen LogP contribution in [-0.2, 0) is 4.79 Å². The van der Waals surface area contributed by atoms with Gasteiger partial charge in [-0.25, -0.2) is 0 Å². The van der Waals surface area contributed by atoms with Crippen molar-refractivity contribution >= 4 is 5.97 Å². The van der Waals surface area contributed by atoms with E-state index in [2.05, 4.69) is 12.2 Å². The second kappa shape index (κ2) is 6.55. The third-order valence-corrected chi connectivity index (χ3v) is 4.73. The molecule has 104 valence electrons. The highest BCUT2D eigenvalue weighted by Gasteiger charge is 2.33. The van der Waals surface area contributed by atoms with E-state index in [-0.39, 0.29) is 6.04 Å². The van der Waals surface area contributed by atoms with Gasteiger partial charge in [-0.15, -0.1) is 0 Å². The Morgan fingerprint density at radius 2 is 1.83 bits per heavy atom. The van der Waals surface area contributed by atoms with Gasteiger partial charge in [0, 0.05) is 6.04 Å². The Balaban J connectivity index is 1.92. The molecule has 0 bridgehead atoms. The molecule has 2 fully saturated rings. The smallest absolute Gasteiger partial charge is 0.320 e. The lowest BCUT2D eigenvalue weighted by atomic mass is 9.78. The second-order valence-corrected chi connectivity index (χ2v) is 6.35. The molecule has 3 atom stereocenters. The summed E-state index contributed by atoms with van der Waals surface area (Å²) in [5, 5.41) is 12.9. The van der Waals surface area contributed by atoms with Gasteiger partial charge >= 0.3 is 5.97 Å². The van der Waals surface area contributed by atoms with Gasteiger partial charge in [-0.1, -0.05) is 39.0 Å². The average molecular weight is 253 g/mol. The molecule has 0 spiro atoms. The van der Waals surface area contributed by atoms with Crippen LogP contribution in [0.3, 0.4) is 0 Å². The summed E-state index contributed by atoms with van der Waals surface area (Å²) in [7, 11) is 0. The third-order valence-electron chi connectivity index (χ3n) is 4.73. The minimum atomic E-state index is -0.639. The van der Waals surface area contributed by atoms with E-state index in [0.29, 0.717) is 17.9 Å². The summed E-state index contributed by atoms with van der Waals surface area (Å²) in [6.45, 7) is 2.26. The number of hydrogen-bond donors (Lipinski definition) is 2. The van der Waals surface area contributed by atoms with Crippen molar-refractivity contribution in [1.82, 2.24) is 5.32 Å². The van der Waals surface area contributed by atoms with Gasteiger partial charge in [0.1, 0.15) is 6.04 Å². The molecule has 0 aromatic carbocycles. The van der Waals surface area contributed by atoms with Crippen molar-refractivity contribution in [3.8, 4) is 0 Å². The van der Waals surface area contributed by atoms with Gasteiger partial charge in [0.05, 0.1) is 0 Å². The molecule has 0 saturated heterocycles. The lowest BCUT2D eigenvalue weighted by Gasteiger charge is -2.34. The zero-order valence-electron chi connectivity index (χ0n) is 11.5. The van der Waals surface area contributed by atoms with E-state index < -0.39 is 5.97 Å². The van der Waals surface area contributed by atoms with E-state index in [0.717, 1.165) is 25.7 Å². The zero-order valence-corrected chi connectivity index (χ0v) is 11.5. The van der Waals surface area contributed by atoms with E-state index in [1.807, 2.05) is 0 Å². The minimum Gasteiger partial charge on any atom is -0.480 e. The number of aliphatic carboxylic acids is 1. The summed E-state index contributed by atoms with van der Waals surface area (Å²) < 4.78 is 0. The third kappa shape index (κ3) is 3.71. The summed E-state index contributed by atoms with van der Waals surface area (Å²) >= 11 is 0. The molecule has 18 heavy (non-hydrogen) atoms. The van der Waals surface area contributed by atoms with Gasteiger partial charge in [-0.05, 0) is 37.5 Å². The van der Waals surface area contributed by atoms with Gasteiger partial charge in [-0.3, -0.25) is 4.79 Å². The fourth-order valence-corrected chi connectivity index (χ4v) is 3.72. The molecule has 3 nitrogen and oxygen atoms in total. The van der Waals surface area contributed by atoms with Gasteiger partial charge in [0.2, 0.25) is 0 Å². The van der Waals surface area contributed by atoms with E-state index in [1.165, 1.54) is 32.1 Å². The van der Waals surface area contributed by atoms with Crippen molar-refractivity contribution in [2.45, 2.75) is 76.8 Å². The number of carboxylic acid groups (broad SMARTS) is 1. The molecule has 0 aliphatic heterocycles. The van der Waals surface area contributed by atoms with Crippen LogP contribution in [0.5, 0.6) is 0 Å². The summed E-state index contributed by atoms with van der Waals surface area (Å²) in [6, 6.07) is 0.132. The first-order chi connectivity index (χ1) is 8.66. The number of rotatable bonds is 4. The first-order valence-corrected chi connectivity index (χ1v) is 7.65. The van der Waals surface area contributed by atoms with Crippen LogP contribution in [0.15, 0.2) is 0 Å². The highest BCUT2D eigenvalue weighted by molar-refractivity contribution is 5.74. The number of carboxylic acids is 1. The Bertz CT molecular complexity index is 274. The number of hydrogen-bond acceptors (Lipinski definition) is 2. The summed E-state index contributed by atoms with van der Waals surface area (Å²) in [4.78, 5) is 11.5. The molecule has 3 unspecified atom stereocenters. The average Bonchev–Trinajstić information content (AvgIpc) is 2.37. The Hall–Kier alpha value is -0.570. The SMILES string of the molecule is CC1CCCC(C(NC2CCCCC2)C(=O)O)C1. The minimum absolute atomic E-state index is 0.309. The summed E-state index contributed by atoms with van der Waals surface area (Å²) in [5.74, 6) is 0.395. The Morgan fingerprint density at radius 3 is 2.44 bits per heavy atom. The summed E-state index contributed by atoms with van der Waals surface area (Å²) in [5.41, 5.74) is 0. The van der Waals surface area contributed by atoms with Crippen molar-refractivity contribution in [2.75, 3.05) is 0 Å². The molecule has 0 heterocycles. The van der Waals surface area contributed by atoms with E-state index >= 15 is 0 Å². The number of nitrogens with one attached hydrogen (secondary N) is 1. The predicted octanol–water partition coefficient (Wildman–Crippen LogP) is 3.19. The predicted molar refractivity (Wildman–Crippen MR) is 72.6 cm³/mol. The maximum absolute atomic E-state index is 11.5. The normalized spacial score (nSPS) is 32.1. The van der Waals surface area contributed by atoms with E-state index in [1.54, 1.807) is 0 Å². The lowest BCUT2D eigenvalue weighted by molar-refractivity contribution is -0.141. The number of carbonyl (C=O) groups is 1. The van der Waals surface area contributed by atoms with Crippen molar-refractivity contribution in [1.29, 1.82) is 0 Å². The maximum Gasteiger partial charge on any atom is 0.320 e. The molecule has 2 aliphatic rings. The molecule has 3 heteroatoms. The van der Waals surface area contributed by atoms with Crippen LogP contribution in [0.2, 0.25) is 0 Å². The van der Waals surface area contributed by atoms with Crippen LogP contribution in [0.25, 0.3) is 0 Å². The van der Waals surface area contributed by atoms with Crippen LogP contribution in [-0.4, -0.2) is 23.2 Å². The molecular formula is C15H27NO2. The van der Waals surface area contributed by atoms with Crippen LogP contribution in [0, 0.1) is 11.8 Å². The highest BCUT2D eigenvalue weighted by atomic mass is 16.4. The van der Waals surface area contributed by atoms with Crippen molar-refractivity contribution in [3.63, 3.8) is 0 Å². The zero-order chi connectivity index (χ0) is 13.0. The van der Waals surface area contributed by atoms with E-state index in [9.17, 15) is 9.90 Å². The second-order valence-electron chi connectivity index (χ2n) is 6.35. The largest absolute Gasteiger partial charge is 0.480 e. The van der Waals surface area contributed by atoms with Gasteiger partial charge in [0.15, 0.2) is 0 Å². The maximum atomic E-state index is 11.5. The van der Waals surface area contributed by atoms with Gasteiger partial charge in [0.25, 0.3) is 0 Å². The topological polar surface area (TPSA) is 49.3 Å². The van der Waals surface area contributed by atoms with Crippen LogP contribution < -0.4 is 5.32 Å². The van der Waals surface area contributed by atoms with Crippen LogP contribution in [0.1, 0.15) is 64.7 Å².